The third-order valence-corrected chi connectivity index (χ3v) is 5.85. The molecule has 2 N–H and O–H groups in total. The first-order valence-electron chi connectivity index (χ1n) is 11.1. The molecule has 5 rings (SSSR count). The van der Waals surface area contributed by atoms with Crippen LogP contribution in [0.15, 0.2) is 58.1 Å². The van der Waals surface area contributed by atoms with Crippen molar-refractivity contribution in [2.45, 2.75) is 0 Å². The zero-order chi connectivity index (χ0) is 24.4. The predicted octanol–water partition coefficient (Wildman–Crippen LogP) is 5.13. The number of nitrogens with one attached hydrogen (secondary N) is 1. The quantitative estimate of drug-likeness (QED) is 0.293. The number of phenolic OH excluding ortho intramolecular Hbond substituents is 1. The average Bonchev–Trinajstić information content (AvgIpc) is 3.33. The number of benzene rings is 2. The molecule has 1 aliphatic heterocycles. The molecule has 2 aromatic heterocycles. The summed E-state index contributed by atoms with van der Waals surface area (Å²) in [4.78, 5) is 24.0. The summed E-state index contributed by atoms with van der Waals surface area (Å²) < 4.78 is 20.5. The van der Waals surface area contributed by atoms with E-state index in [2.05, 4.69) is 32.4 Å². The lowest BCUT2D eigenvalue weighted by Crippen LogP contribution is -2.44. The molecule has 0 saturated carbocycles. The molecule has 35 heavy (non-hydrogen) atoms. The molecule has 0 radical (unpaired) electrons. The summed E-state index contributed by atoms with van der Waals surface area (Å²) in [6.45, 7) is 3.15. The summed E-state index contributed by atoms with van der Waals surface area (Å²) in [5, 5.41) is 16.3. The Bertz CT molecular complexity index is 1390. The Morgan fingerprint density at radius 2 is 1.83 bits per heavy atom. The second-order valence-electron chi connectivity index (χ2n) is 8.31. The lowest BCUT2D eigenvalue weighted by Gasteiger charge is -2.34. The van der Waals surface area contributed by atoms with Gasteiger partial charge in [0, 0.05) is 54.6 Å². The Morgan fingerprint density at radius 1 is 1.06 bits per heavy atom. The van der Waals surface area contributed by atoms with Crippen molar-refractivity contribution in [2.75, 3.05) is 43.4 Å². The number of hydrogen-bond donors (Lipinski definition) is 2. The summed E-state index contributed by atoms with van der Waals surface area (Å²) in [5.74, 6) is 0.992. The highest BCUT2D eigenvalue weighted by Gasteiger charge is 2.20. The highest BCUT2D eigenvalue weighted by atomic mass is 19.1. The van der Waals surface area contributed by atoms with Crippen molar-refractivity contribution in [1.29, 1.82) is 0 Å². The van der Waals surface area contributed by atoms with Gasteiger partial charge in [-0.1, -0.05) is 0 Å². The first-order chi connectivity index (χ1) is 17.0. The summed E-state index contributed by atoms with van der Waals surface area (Å²) in [7, 11) is 2.05. The molecule has 9 nitrogen and oxygen atoms in total. The van der Waals surface area contributed by atoms with Crippen LogP contribution in [0, 0.1) is 10.7 Å². The molecule has 0 unspecified atom stereocenters. The Labute approximate surface area is 200 Å². The summed E-state index contributed by atoms with van der Waals surface area (Å²) >= 11 is 0. The predicted molar refractivity (Wildman–Crippen MR) is 134 cm³/mol. The van der Waals surface area contributed by atoms with Crippen LogP contribution in [-0.4, -0.2) is 53.2 Å². The second kappa shape index (κ2) is 9.51. The number of anilines is 3. The molecule has 1 saturated heterocycles. The highest BCUT2D eigenvalue weighted by Crippen LogP contribution is 2.32. The number of phenols is 1. The number of rotatable bonds is 6. The number of halogens is 1. The molecule has 0 spiro atoms. The molecule has 0 aliphatic carbocycles. The van der Waals surface area contributed by atoms with Gasteiger partial charge in [-0.2, -0.15) is 0 Å². The van der Waals surface area contributed by atoms with Gasteiger partial charge in [-0.25, -0.2) is 14.4 Å². The molecule has 0 bridgehead atoms. The summed E-state index contributed by atoms with van der Waals surface area (Å²) in [6, 6.07) is 12.8. The molecule has 10 heteroatoms. The van der Waals surface area contributed by atoms with E-state index in [4.69, 9.17) is 4.42 Å². The van der Waals surface area contributed by atoms with Gasteiger partial charge in [-0.15, -0.1) is 4.91 Å². The monoisotopic (exact) mass is 474 g/mol. The number of fused-ring (bicyclic) bond motifs is 1. The molecule has 1 aliphatic rings. The Kier molecular flexibility index (Phi) is 6.11. The van der Waals surface area contributed by atoms with Crippen LogP contribution in [0.2, 0.25) is 0 Å². The van der Waals surface area contributed by atoms with Crippen molar-refractivity contribution in [3.05, 3.63) is 70.8 Å². The highest BCUT2D eigenvalue weighted by molar-refractivity contribution is 5.94. The number of nitroso groups, excluding NO2 is 1. The lowest BCUT2D eigenvalue weighted by atomic mass is 10.1. The van der Waals surface area contributed by atoms with Crippen LogP contribution in [-0.2, 0) is 0 Å². The molecule has 178 valence electrons. The van der Waals surface area contributed by atoms with E-state index in [-0.39, 0.29) is 17.5 Å². The molecule has 1 fully saturated rings. The van der Waals surface area contributed by atoms with E-state index in [1.165, 1.54) is 12.1 Å². The fourth-order valence-electron chi connectivity index (χ4n) is 3.94. The maximum Gasteiger partial charge on any atom is 0.260 e. The van der Waals surface area contributed by atoms with E-state index in [1.54, 1.807) is 48.6 Å². The van der Waals surface area contributed by atoms with Gasteiger partial charge in [0.2, 0.25) is 0 Å². The van der Waals surface area contributed by atoms with Crippen molar-refractivity contribution in [3.63, 3.8) is 0 Å². The smallest absolute Gasteiger partial charge is 0.260 e. The van der Waals surface area contributed by atoms with Crippen molar-refractivity contribution in [2.24, 2.45) is 5.18 Å². The number of hydrogen-bond acceptors (Lipinski definition) is 9. The summed E-state index contributed by atoms with van der Waals surface area (Å²) in [6.07, 6.45) is 3.22. The van der Waals surface area contributed by atoms with Gasteiger partial charge >= 0.3 is 0 Å². The van der Waals surface area contributed by atoms with Crippen LogP contribution < -0.4 is 10.2 Å². The van der Waals surface area contributed by atoms with E-state index in [1.807, 2.05) is 4.90 Å². The SMILES string of the molecule is CN1CCN(c2cc3c(Nc4ccc(O)cc4)nc(/C=C/c4ccc(N=O)o4)nc3cc2F)CC1. The molecule has 0 amide bonds. The minimum atomic E-state index is -0.348. The third-order valence-electron chi connectivity index (χ3n) is 5.85. The zero-order valence-electron chi connectivity index (χ0n) is 19.0. The molecule has 4 aromatic rings. The zero-order valence-corrected chi connectivity index (χ0v) is 19.0. The van der Waals surface area contributed by atoms with Gasteiger partial charge in [-0.3, -0.25) is 0 Å². The van der Waals surface area contributed by atoms with Crippen LogP contribution in [0.25, 0.3) is 23.1 Å². The average molecular weight is 474 g/mol. The van der Waals surface area contributed by atoms with Crippen LogP contribution in [0.4, 0.5) is 27.5 Å². The van der Waals surface area contributed by atoms with Crippen LogP contribution in [0.5, 0.6) is 5.75 Å². The largest absolute Gasteiger partial charge is 0.508 e. The normalized spacial score (nSPS) is 14.6. The van der Waals surface area contributed by atoms with Gasteiger partial charge in [0.1, 0.15) is 23.1 Å². The number of aromatic hydroxyl groups is 1. The Morgan fingerprint density at radius 3 is 2.54 bits per heavy atom. The molecular formula is C25H23FN6O3. The maximum absolute atomic E-state index is 15.2. The maximum atomic E-state index is 15.2. The van der Waals surface area contributed by atoms with Crippen molar-refractivity contribution < 1.29 is 13.9 Å². The van der Waals surface area contributed by atoms with Crippen LogP contribution >= 0.6 is 0 Å². The summed E-state index contributed by atoms with van der Waals surface area (Å²) in [5.41, 5.74) is 1.65. The van der Waals surface area contributed by atoms with Gasteiger partial charge < -0.3 is 24.6 Å². The van der Waals surface area contributed by atoms with Gasteiger partial charge in [0.15, 0.2) is 5.82 Å². The number of piperazine rings is 1. The van der Waals surface area contributed by atoms with Gasteiger partial charge in [0.05, 0.1) is 11.2 Å². The molecule has 3 heterocycles. The van der Waals surface area contributed by atoms with Crippen LogP contribution in [0.1, 0.15) is 11.6 Å². The number of likely N-dealkylation sites (N-methyl/N-ethyl adjacent to an activating group) is 1. The second-order valence-corrected chi connectivity index (χ2v) is 8.31. The molecule has 0 atom stereocenters. The lowest BCUT2D eigenvalue weighted by molar-refractivity contribution is 0.312. The van der Waals surface area contributed by atoms with E-state index in [9.17, 15) is 10.0 Å². The van der Waals surface area contributed by atoms with Crippen molar-refractivity contribution >= 4 is 46.1 Å². The standard InChI is InChI=1S/C25H23FN6O3/c1-31-10-12-32(13-11-31)22-14-19-21(15-20(22)26)28-23(8-6-18-7-9-24(30-34)35-18)29-25(19)27-16-2-4-17(33)5-3-16/h2-9,14-15,33H,10-13H2,1H3,(H,27,28,29)/b8-6+. The third kappa shape index (κ3) is 4.97. The van der Waals surface area contributed by atoms with Gasteiger partial charge in [0.25, 0.3) is 5.88 Å². The number of nitrogens with zero attached hydrogens (tertiary/aromatic N) is 5. The molecule has 2 aromatic carbocycles. The Balaban J connectivity index is 1.56. The van der Waals surface area contributed by atoms with E-state index in [0.717, 1.165) is 26.2 Å². The molecular weight excluding hydrogens is 451 g/mol. The minimum absolute atomic E-state index is 0.0303. The first kappa shape index (κ1) is 22.5. The van der Waals surface area contributed by atoms with Crippen LogP contribution in [0.3, 0.4) is 0 Å². The Hall–Kier alpha value is -4.31. The topological polar surface area (TPSA) is 107 Å². The number of furan rings is 1. The first-order valence-corrected chi connectivity index (χ1v) is 11.1. The van der Waals surface area contributed by atoms with E-state index in [0.29, 0.717) is 39.7 Å². The fourth-order valence-corrected chi connectivity index (χ4v) is 3.94. The fraction of sp³-hybridized carbons (Fsp3) is 0.200. The van der Waals surface area contributed by atoms with Crippen molar-refractivity contribution in [1.82, 2.24) is 14.9 Å². The number of aromatic nitrogens is 2. The van der Waals surface area contributed by atoms with Crippen molar-refractivity contribution in [3.8, 4) is 5.75 Å². The minimum Gasteiger partial charge on any atom is -0.508 e. The van der Waals surface area contributed by atoms with Gasteiger partial charge in [-0.05, 0) is 55.6 Å². The van der Waals surface area contributed by atoms with E-state index < -0.39 is 0 Å². The van der Waals surface area contributed by atoms with E-state index >= 15 is 4.39 Å².